The molecule has 4 rings (SSSR count). The van der Waals surface area contributed by atoms with Crippen LogP contribution in [-0.4, -0.2) is 38.7 Å². The number of hydrogen-bond donors (Lipinski definition) is 1. The maximum atomic E-state index is 12.7. The Kier molecular flexibility index (Phi) is 5.97. The van der Waals surface area contributed by atoms with Crippen molar-refractivity contribution in [1.29, 1.82) is 0 Å². The zero-order chi connectivity index (χ0) is 19.5. The van der Waals surface area contributed by atoms with Gasteiger partial charge in [0.25, 0.3) is 0 Å². The van der Waals surface area contributed by atoms with Crippen molar-refractivity contribution >= 4 is 17.5 Å². The Morgan fingerprint density at radius 1 is 1.21 bits per heavy atom. The van der Waals surface area contributed by atoms with Gasteiger partial charge >= 0.3 is 0 Å². The monoisotopic (exact) mass is 401 g/mol. The predicted octanol–water partition coefficient (Wildman–Crippen LogP) is 3.67. The van der Waals surface area contributed by atoms with Crippen LogP contribution in [0.4, 0.5) is 0 Å². The van der Waals surface area contributed by atoms with Crippen molar-refractivity contribution < 1.29 is 4.79 Å². The van der Waals surface area contributed by atoms with E-state index in [9.17, 15) is 4.79 Å². The van der Waals surface area contributed by atoms with Crippen LogP contribution in [0.15, 0.2) is 24.3 Å². The van der Waals surface area contributed by atoms with E-state index >= 15 is 0 Å². The molecule has 2 aliphatic heterocycles. The fourth-order valence-electron chi connectivity index (χ4n) is 4.44. The number of nitrogens with zero attached hydrogens (tertiary/aromatic N) is 4. The first-order valence-corrected chi connectivity index (χ1v) is 10.7. The van der Waals surface area contributed by atoms with Crippen molar-refractivity contribution in [3.05, 3.63) is 46.5 Å². The summed E-state index contributed by atoms with van der Waals surface area (Å²) < 4.78 is 2.31. The Morgan fingerprint density at radius 3 is 2.93 bits per heavy atom. The molecule has 1 fully saturated rings. The molecule has 7 heteroatoms. The van der Waals surface area contributed by atoms with Gasteiger partial charge in [0.05, 0.1) is 18.6 Å². The van der Waals surface area contributed by atoms with Crippen molar-refractivity contribution in [3.8, 4) is 0 Å². The van der Waals surface area contributed by atoms with Crippen LogP contribution in [0, 0.1) is 0 Å². The summed E-state index contributed by atoms with van der Waals surface area (Å²) in [4.78, 5) is 15.0. The largest absolute Gasteiger partial charge is 0.348 e. The first-order chi connectivity index (χ1) is 13.6. The smallest absolute Gasteiger partial charge is 0.234 e. The van der Waals surface area contributed by atoms with Gasteiger partial charge in [0.1, 0.15) is 11.6 Å². The van der Waals surface area contributed by atoms with Crippen LogP contribution >= 0.6 is 11.6 Å². The molecule has 0 radical (unpaired) electrons. The summed E-state index contributed by atoms with van der Waals surface area (Å²) in [6, 6.07) is 7.71. The Hall–Kier alpha value is -1.92. The lowest BCUT2D eigenvalue weighted by Crippen LogP contribution is -2.38. The molecule has 2 atom stereocenters. The lowest BCUT2D eigenvalue weighted by Gasteiger charge is -2.25. The molecule has 0 saturated carbocycles. The van der Waals surface area contributed by atoms with Gasteiger partial charge in [0, 0.05) is 18.0 Å². The molecule has 0 aliphatic carbocycles. The van der Waals surface area contributed by atoms with E-state index in [4.69, 9.17) is 11.6 Å². The highest BCUT2D eigenvalue weighted by Gasteiger charge is 2.32. The van der Waals surface area contributed by atoms with E-state index in [1.54, 1.807) is 0 Å². The lowest BCUT2D eigenvalue weighted by atomic mass is 10.1. The van der Waals surface area contributed by atoms with Crippen LogP contribution in [0.25, 0.3) is 0 Å². The van der Waals surface area contributed by atoms with Crippen molar-refractivity contribution in [2.24, 2.45) is 0 Å². The normalized spacial score (nSPS) is 21.1. The number of aryl methyl sites for hydroxylation is 1. The van der Waals surface area contributed by atoms with Crippen molar-refractivity contribution in [2.75, 3.05) is 13.1 Å². The maximum absolute atomic E-state index is 12.7. The molecule has 150 valence electrons. The molecule has 3 heterocycles. The molecule has 0 bridgehead atoms. The number of rotatable bonds is 5. The number of amides is 1. The van der Waals surface area contributed by atoms with Gasteiger partial charge in [-0.1, -0.05) is 36.2 Å². The summed E-state index contributed by atoms with van der Waals surface area (Å²) >= 11 is 6.26. The van der Waals surface area contributed by atoms with Crippen molar-refractivity contribution in [2.45, 2.75) is 64.1 Å². The number of benzene rings is 1. The number of carbonyl (C=O) groups excluding carboxylic acids is 1. The van der Waals surface area contributed by atoms with E-state index in [0.717, 1.165) is 49.6 Å². The van der Waals surface area contributed by atoms with Crippen LogP contribution in [0.1, 0.15) is 68.3 Å². The summed E-state index contributed by atoms with van der Waals surface area (Å²) in [6.45, 7) is 4.26. The van der Waals surface area contributed by atoms with Crippen LogP contribution in [0.3, 0.4) is 0 Å². The third-order valence-corrected chi connectivity index (χ3v) is 6.24. The summed E-state index contributed by atoms with van der Waals surface area (Å²) in [5.74, 6) is 2.17. The molecular formula is C21H28ClN5O. The second kappa shape index (κ2) is 8.62. The zero-order valence-electron chi connectivity index (χ0n) is 16.4. The second-order valence-corrected chi connectivity index (χ2v) is 8.28. The van der Waals surface area contributed by atoms with Gasteiger partial charge < -0.3 is 9.88 Å². The molecule has 1 N–H and O–H groups in total. The molecule has 6 nitrogen and oxygen atoms in total. The van der Waals surface area contributed by atoms with Gasteiger partial charge in [0.2, 0.25) is 5.91 Å². The van der Waals surface area contributed by atoms with Crippen LogP contribution < -0.4 is 5.32 Å². The highest BCUT2D eigenvalue weighted by molar-refractivity contribution is 6.31. The Morgan fingerprint density at radius 2 is 2.07 bits per heavy atom. The molecule has 2 aliphatic rings. The van der Waals surface area contributed by atoms with E-state index in [1.807, 2.05) is 31.2 Å². The topological polar surface area (TPSA) is 63.1 Å². The van der Waals surface area contributed by atoms with E-state index in [2.05, 4.69) is 25.0 Å². The molecule has 2 unspecified atom stereocenters. The number of halogens is 1. The number of aromatic nitrogens is 3. The number of likely N-dealkylation sites (tertiary alicyclic amines) is 1. The van der Waals surface area contributed by atoms with Crippen LogP contribution in [0.2, 0.25) is 5.02 Å². The van der Waals surface area contributed by atoms with Gasteiger partial charge in [-0.05, 0) is 50.8 Å². The first-order valence-electron chi connectivity index (χ1n) is 10.3. The van der Waals surface area contributed by atoms with Gasteiger partial charge in [0.15, 0.2) is 0 Å². The minimum Gasteiger partial charge on any atom is -0.348 e. The molecule has 2 aromatic rings. The highest BCUT2D eigenvalue weighted by Crippen LogP contribution is 2.32. The first kappa shape index (κ1) is 19.4. The molecule has 1 aromatic carbocycles. The summed E-state index contributed by atoms with van der Waals surface area (Å²) in [6.07, 6.45) is 6.75. The minimum atomic E-state index is -0.119. The highest BCUT2D eigenvalue weighted by atomic mass is 35.5. The molecule has 1 aromatic heterocycles. The SMILES string of the molecule is CC(NC(=O)CN1CCCC1c1nnc2n1CCCCC2)c1ccccc1Cl. The number of hydrogen-bond acceptors (Lipinski definition) is 4. The Labute approximate surface area is 171 Å². The van der Waals surface area contributed by atoms with E-state index in [-0.39, 0.29) is 18.0 Å². The summed E-state index contributed by atoms with van der Waals surface area (Å²) in [5, 5.41) is 12.7. The maximum Gasteiger partial charge on any atom is 0.234 e. The lowest BCUT2D eigenvalue weighted by molar-refractivity contribution is -0.123. The molecule has 1 amide bonds. The zero-order valence-corrected chi connectivity index (χ0v) is 17.2. The summed E-state index contributed by atoms with van der Waals surface area (Å²) in [7, 11) is 0. The number of nitrogens with one attached hydrogen (secondary N) is 1. The predicted molar refractivity (Wildman–Crippen MR) is 109 cm³/mol. The van der Waals surface area contributed by atoms with E-state index < -0.39 is 0 Å². The molecule has 28 heavy (non-hydrogen) atoms. The Balaban J connectivity index is 1.42. The third-order valence-electron chi connectivity index (χ3n) is 5.90. The number of fused-ring (bicyclic) bond motifs is 1. The van der Waals surface area contributed by atoms with Crippen molar-refractivity contribution in [3.63, 3.8) is 0 Å². The van der Waals surface area contributed by atoms with Gasteiger partial charge in [-0.3, -0.25) is 9.69 Å². The number of carbonyl (C=O) groups is 1. The average Bonchev–Trinajstić information content (AvgIpc) is 3.21. The third kappa shape index (κ3) is 4.08. The molecule has 1 saturated heterocycles. The van der Waals surface area contributed by atoms with Gasteiger partial charge in [-0.2, -0.15) is 0 Å². The van der Waals surface area contributed by atoms with E-state index in [1.165, 1.54) is 19.3 Å². The fourth-order valence-corrected chi connectivity index (χ4v) is 4.74. The van der Waals surface area contributed by atoms with Crippen LogP contribution in [0.5, 0.6) is 0 Å². The second-order valence-electron chi connectivity index (χ2n) is 7.88. The van der Waals surface area contributed by atoms with E-state index in [0.29, 0.717) is 11.6 Å². The summed E-state index contributed by atoms with van der Waals surface area (Å²) in [5.41, 5.74) is 0.943. The Bertz CT molecular complexity index is 836. The standard InChI is InChI=1S/C21H28ClN5O/c1-15(16-8-4-5-9-17(16)22)23-20(28)14-26-12-7-10-18(26)21-25-24-19-11-3-2-6-13-27(19)21/h4-5,8-9,15,18H,2-3,6-7,10-14H2,1H3,(H,23,28). The molecular weight excluding hydrogens is 374 g/mol. The van der Waals surface area contributed by atoms with Gasteiger partial charge in [-0.15, -0.1) is 10.2 Å². The fraction of sp³-hybridized carbons (Fsp3) is 0.571. The van der Waals surface area contributed by atoms with Crippen molar-refractivity contribution in [1.82, 2.24) is 25.0 Å². The van der Waals surface area contributed by atoms with Crippen LogP contribution in [-0.2, 0) is 17.8 Å². The average molecular weight is 402 g/mol. The van der Waals surface area contributed by atoms with Gasteiger partial charge in [-0.25, -0.2) is 0 Å². The minimum absolute atomic E-state index is 0.0231. The quantitative estimate of drug-likeness (QED) is 0.830. The molecule has 0 spiro atoms.